The Labute approximate surface area is 215 Å². The average Bonchev–Trinajstić information content (AvgIpc) is 3.18. The van der Waals surface area contributed by atoms with Crippen LogP contribution in [-0.4, -0.2) is 70.6 Å². The van der Waals surface area contributed by atoms with Crippen LogP contribution in [0.5, 0.6) is 0 Å². The number of nitrogens with zero attached hydrogens (tertiary/aromatic N) is 5. The highest BCUT2D eigenvalue weighted by atomic mass is 19.1. The van der Waals surface area contributed by atoms with Gasteiger partial charge in [-0.2, -0.15) is 0 Å². The number of carbonyl (C=O) groups is 2. The lowest BCUT2D eigenvalue weighted by Gasteiger charge is -2.31. The van der Waals surface area contributed by atoms with E-state index in [2.05, 4.69) is 15.1 Å². The minimum Gasteiger partial charge on any atom is -0.353 e. The molecule has 1 fully saturated rings. The molecule has 2 aromatic carbocycles. The molecule has 1 aromatic heterocycles. The molecule has 2 amide bonds. The van der Waals surface area contributed by atoms with Crippen LogP contribution in [-0.2, 0) is 4.79 Å². The van der Waals surface area contributed by atoms with Crippen molar-refractivity contribution in [3.05, 3.63) is 77.9 Å². The fourth-order valence-electron chi connectivity index (χ4n) is 4.35. The molecule has 4 rings (SSSR count). The van der Waals surface area contributed by atoms with Gasteiger partial charge >= 0.3 is 0 Å². The van der Waals surface area contributed by atoms with Crippen LogP contribution >= 0.6 is 0 Å². The third-order valence-electron chi connectivity index (χ3n) is 6.72. The Balaban J connectivity index is 1.39. The molecule has 1 saturated heterocycles. The fourth-order valence-corrected chi connectivity index (χ4v) is 4.35. The van der Waals surface area contributed by atoms with E-state index in [4.69, 9.17) is 0 Å². The number of carbonyl (C=O) groups excluding carboxylic acids is 2. The number of hydrogen-bond donors (Lipinski definition) is 0. The highest BCUT2D eigenvalue weighted by molar-refractivity contribution is 5.96. The van der Waals surface area contributed by atoms with E-state index in [1.165, 1.54) is 35.2 Å². The minimum absolute atomic E-state index is 0.0590. The van der Waals surface area contributed by atoms with Crippen LogP contribution in [0.1, 0.15) is 37.0 Å². The molecule has 0 N–H and O–H groups in total. The van der Waals surface area contributed by atoms with Crippen LogP contribution in [0.2, 0.25) is 0 Å². The predicted molar refractivity (Wildman–Crippen MR) is 138 cm³/mol. The van der Waals surface area contributed by atoms with Gasteiger partial charge in [0.05, 0.1) is 5.69 Å². The standard InChI is InChI=1S/C28H31F2N5O2/c1-3-20(2)35(28(37)22-6-4-7-24(30)18-22)19-27(36)34-15-5-14-33(16-17-34)26-13-12-25(31-32-26)21-8-10-23(29)11-9-21/h4,6-13,18,20H,3,5,14-17,19H2,1-2H3/t20-/m1/s1. The maximum atomic E-state index is 13.7. The number of rotatable bonds is 7. The lowest BCUT2D eigenvalue weighted by molar-refractivity contribution is -0.132. The zero-order chi connectivity index (χ0) is 26.4. The molecule has 1 aliphatic heterocycles. The van der Waals surface area contributed by atoms with Crippen molar-refractivity contribution in [2.75, 3.05) is 37.6 Å². The zero-order valence-corrected chi connectivity index (χ0v) is 21.1. The van der Waals surface area contributed by atoms with Crippen molar-refractivity contribution in [2.24, 2.45) is 0 Å². The molecular weight excluding hydrogens is 476 g/mol. The lowest BCUT2D eigenvalue weighted by atomic mass is 10.1. The number of benzene rings is 2. The highest BCUT2D eigenvalue weighted by Gasteiger charge is 2.27. The summed E-state index contributed by atoms with van der Waals surface area (Å²) in [5, 5.41) is 8.65. The van der Waals surface area contributed by atoms with Gasteiger partial charge in [0, 0.05) is 43.3 Å². The van der Waals surface area contributed by atoms with Crippen molar-refractivity contribution in [1.82, 2.24) is 20.0 Å². The second kappa shape index (κ2) is 11.9. The van der Waals surface area contributed by atoms with Gasteiger partial charge in [-0.25, -0.2) is 8.78 Å². The van der Waals surface area contributed by atoms with Crippen molar-refractivity contribution in [1.29, 1.82) is 0 Å². The van der Waals surface area contributed by atoms with E-state index in [-0.39, 0.29) is 35.8 Å². The number of amides is 2. The van der Waals surface area contributed by atoms with Crippen molar-refractivity contribution >= 4 is 17.6 Å². The van der Waals surface area contributed by atoms with Gasteiger partial charge in [0.2, 0.25) is 5.91 Å². The Morgan fingerprint density at radius 1 is 0.946 bits per heavy atom. The van der Waals surface area contributed by atoms with Gasteiger partial charge in [-0.1, -0.05) is 13.0 Å². The van der Waals surface area contributed by atoms with E-state index in [1.807, 2.05) is 26.0 Å². The summed E-state index contributed by atoms with van der Waals surface area (Å²) in [5.74, 6) is -0.562. The van der Waals surface area contributed by atoms with Crippen molar-refractivity contribution in [3.63, 3.8) is 0 Å². The Morgan fingerprint density at radius 3 is 2.41 bits per heavy atom. The summed E-state index contributed by atoms with van der Waals surface area (Å²) in [6.45, 7) is 6.14. The molecule has 0 saturated carbocycles. The number of anilines is 1. The summed E-state index contributed by atoms with van der Waals surface area (Å²) in [5.41, 5.74) is 1.67. The van der Waals surface area contributed by atoms with E-state index in [1.54, 1.807) is 23.1 Å². The van der Waals surface area contributed by atoms with Gasteiger partial charge in [0.25, 0.3) is 5.91 Å². The van der Waals surface area contributed by atoms with Gasteiger partial charge in [0.1, 0.15) is 18.2 Å². The smallest absolute Gasteiger partial charge is 0.254 e. The molecule has 0 bridgehead atoms. The summed E-state index contributed by atoms with van der Waals surface area (Å²) in [7, 11) is 0. The molecule has 0 radical (unpaired) electrons. The molecule has 1 aliphatic rings. The van der Waals surface area contributed by atoms with Crippen LogP contribution in [0.25, 0.3) is 11.3 Å². The Hall–Kier alpha value is -3.88. The Kier molecular flexibility index (Phi) is 8.43. The average molecular weight is 508 g/mol. The van der Waals surface area contributed by atoms with Gasteiger partial charge in [0.15, 0.2) is 5.82 Å². The van der Waals surface area contributed by atoms with E-state index in [0.29, 0.717) is 44.1 Å². The first kappa shape index (κ1) is 26.2. The van der Waals surface area contributed by atoms with Crippen LogP contribution in [0, 0.1) is 11.6 Å². The van der Waals surface area contributed by atoms with Crippen LogP contribution in [0.4, 0.5) is 14.6 Å². The quantitative estimate of drug-likeness (QED) is 0.474. The number of aromatic nitrogens is 2. The monoisotopic (exact) mass is 507 g/mol. The molecular formula is C28H31F2N5O2. The number of hydrogen-bond acceptors (Lipinski definition) is 5. The molecule has 0 spiro atoms. The normalized spacial score (nSPS) is 14.7. The van der Waals surface area contributed by atoms with Crippen LogP contribution in [0.15, 0.2) is 60.7 Å². The van der Waals surface area contributed by atoms with Crippen molar-refractivity contribution < 1.29 is 18.4 Å². The first-order chi connectivity index (χ1) is 17.9. The maximum Gasteiger partial charge on any atom is 0.254 e. The lowest BCUT2D eigenvalue weighted by Crippen LogP contribution is -2.47. The third-order valence-corrected chi connectivity index (χ3v) is 6.72. The molecule has 1 atom stereocenters. The van der Waals surface area contributed by atoms with Crippen LogP contribution < -0.4 is 4.90 Å². The van der Waals surface area contributed by atoms with E-state index >= 15 is 0 Å². The van der Waals surface area contributed by atoms with E-state index in [9.17, 15) is 18.4 Å². The fraction of sp³-hybridized carbons (Fsp3) is 0.357. The molecule has 37 heavy (non-hydrogen) atoms. The molecule has 7 nitrogen and oxygen atoms in total. The molecule has 0 unspecified atom stereocenters. The second-order valence-corrected chi connectivity index (χ2v) is 9.21. The summed E-state index contributed by atoms with van der Waals surface area (Å²) in [4.78, 5) is 31.7. The molecule has 9 heteroatoms. The summed E-state index contributed by atoms with van der Waals surface area (Å²) in [6.07, 6.45) is 1.42. The molecule has 3 aromatic rings. The third kappa shape index (κ3) is 6.47. The summed E-state index contributed by atoms with van der Waals surface area (Å²) >= 11 is 0. The van der Waals surface area contributed by atoms with Crippen molar-refractivity contribution in [2.45, 2.75) is 32.7 Å². The highest BCUT2D eigenvalue weighted by Crippen LogP contribution is 2.20. The summed E-state index contributed by atoms with van der Waals surface area (Å²) in [6, 6.07) is 15.2. The Bertz CT molecular complexity index is 1220. The van der Waals surface area contributed by atoms with E-state index in [0.717, 1.165) is 12.0 Å². The van der Waals surface area contributed by atoms with Gasteiger partial charge < -0.3 is 14.7 Å². The molecule has 194 valence electrons. The van der Waals surface area contributed by atoms with Crippen LogP contribution in [0.3, 0.4) is 0 Å². The van der Waals surface area contributed by atoms with Gasteiger partial charge in [-0.05, 0) is 74.4 Å². The first-order valence-electron chi connectivity index (χ1n) is 12.5. The predicted octanol–water partition coefficient (Wildman–Crippen LogP) is 4.40. The summed E-state index contributed by atoms with van der Waals surface area (Å²) < 4.78 is 26.9. The topological polar surface area (TPSA) is 69.6 Å². The van der Waals surface area contributed by atoms with E-state index < -0.39 is 5.82 Å². The Morgan fingerprint density at radius 2 is 1.73 bits per heavy atom. The largest absolute Gasteiger partial charge is 0.353 e. The maximum absolute atomic E-state index is 13.7. The first-order valence-corrected chi connectivity index (χ1v) is 12.5. The SMILES string of the molecule is CC[C@@H](C)N(CC(=O)N1CCCN(c2ccc(-c3ccc(F)cc3)nn2)CC1)C(=O)c1cccc(F)c1. The zero-order valence-electron chi connectivity index (χ0n) is 21.1. The minimum atomic E-state index is -0.484. The molecule has 0 aliphatic carbocycles. The van der Waals surface area contributed by atoms with Gasteiger partial charge in [-0.15, -0.1) is 10.2 Å². The number of halogens is 2. The van der Waals surface area contributed by atoms with Gasteiger partial charge in [-0.3, -0.25) is 9.59 Å². The molecule has 2 heterocycles. The van der Waals surface area contributed by atoms with Crippen molar-refractivity contribution in [3.8, 4) is 11.3 Å². The second-order valence-electron chi connectivity index (χ2n) is 9.21.